The average Bonchev–Trinajstić information content (AvgIpc) is 3.98. The number of amides is 2. The molecule has 5 rings (SSSR count). The number of hydrogen-bond donors (Lipinski definition) is 4. The predicted octanol–water partition coefficient (Wildman–Crippen LogP) is 9.98. The first kappa shape index (κ1) is 70.7. The van der Waals surface area contributed by atoms with Crippen molar-refractivity contribution in [2.45, 2.75) is 83.0 Å². The van der Waals surface area contributed by atoms with Crippen molar-refractivity contribution in [3.63, 3.8) is 0 Å². The van der Waals surface area contributed by atoms with Crippen LogP contribution in [0.15, 0.2) is 77.4 Å². The number of carbonyl (C=O) groups excluding carboxylic acids is 3. The summed E-state index contributed by atoms with van der Waals surface area (Å²) >= 11 is 28.7. The summed E-state index contributed by atoms with van der Waals surface area (Å²) in [6.45, 7) is 11.2. The summed E-state index contributed by atoms with van der Waals surface area (Å²) in [7, 11) is -2.07. The summed E-state index contributed by atoms with van der Waals surface area (Å²) in [5.74, 6) is -3.33. The number of benzene rings is 3. The molecule has 0 radical (unpaired) electrons. The Balaban J connectivity index is 0.000000525. The van der Waals surface area contributed by atoms with E-state index in [1.807, 2.05) is 37.4 Å². The molecule has 1 aliphatic rings. The summed E-state index contributed by atoms with van der Waals surface area (Å²) in [5, 5.41) is 18.4. The van der Waals surface area contributed by atoms with Gasteiger partial charge in [-0.1, -0.05) is 71.5 Å². The number of esters is 1. The normalized spacial score (nSPS) is 15.1. The van der Waals surface area contributed by atoms with Gasteiger partial charge in [-0.3, -0.25) is 19.7 Å². The summed E-state index contributed by atoms with van der Waals surface area (Å²) in [6, 6.07) is 16.0. The van der Waals surface area contributed by atoms with Crippen LogP contribution < -0.4 is 19.8 Å². The minimum atomic E-state index is -4.56. The minimum absolute atomic E-state index is 0.0223. The van der Waals surface area contributed by atoms with Gasteiger partial charge in [0.15, 0.2) is 10.9 Å². The van der Waals surface area contributed by atoms with Crippen LogP contribution in [0.3, 0.4) is 0 Å². The van der Waals surface area contributed by atoms with E-state index in [9.17, 15) is 46.6 Å². The van der Waals surface area contributed by atoms with Gasteiger partial charge in [-0.15, -0.1) is 11.6 Å². The SMILES string of the molecule is CC1(C)OC(c2ccco2)CN1C(=O)C(Cl)Cl.CCc1cccc(C)c1N(C(=O)CCl)C(C)COC.C[C@H](OC(=O)c1cc(Oc2ccc(C(F)(F)F)cc2Cl)ccc1Cl)C(=O)O.C[S+](C)C.O=C(O)CNCP(=O)([O-])O. The summed E-state index contributed by atoms with van der Waals surface area (Å²) < 4.78 is 74.3. The number of alkyl halides is 6. The largest absolute Gasteiger partial charge is 0.778 e. The minimum Gasteiger partial charge on any atom is -0.778 e. The summed E-state index contributed by atoms with van der Waals surface area (Å²) in [5.41, 5.74) is 1.35. The number of nitrogens with one attached hydrogen (secondary N) is 1. The lowest BCUT2D eigenvalue weighted by Gasteiger charge is -2.31. The van der Waals surface area contributed by atoms with Gasteiger partial charge < -0.3 is 57.7 Å². The van der Waals surface area contributed by atoms with E-state index in [2.05, 4.69) is 31.8 Å². The Morgan fingerprint density at radius 3 is 2.10 bits per heavy atom. The Bertz CT molecular complexity index is 2590. The number of ether oxygens (including phenoxy) is 4. The van der Waals surface area contributed by atoms with Crippen molar-refractivity contribution in [2.24, 2.45) is 0 Å². The highest BCUT2D eigenvalue weighted by Gasteiger charge is 2.45. The van der Waals surface area contributed by atoms with E-state index in [0.717, 1.165) is 48.4 Å². The number of anilines is 1. The van der Waals surface area contributed by atoms with Gasteiger partial charge in [0.1, 0.15) is 42.6 Å². The molecule has 1 aliphatic heterocycles. The lowest BCUT2D eigenvalue weighted by molar-refractivity contribution is -0.193. The molecule has 0 spiro atoms. The number of aryl methyl sites for hydroxylation is 2. The number of para-hydroxylation sites is 1. The smallest absolute Gasteiger partial charge is 0.416 e. The van der Waals surface area contributed by atoms with E-state index in [-0.39, 0.29) is 56.9 Å². The maximum absolute atomic E-state index is 12.7. The van der Waals surface area contributed by atoms with Crippen molar-refractivity contribution in [3.8, 4) is 11.5 Å². The molecule has 4 aromatic rings. The standard InChI is InChI=1S/C17H11Cl2F3O5.C15H22ClNO2.C11H13Cl2NO3.C3H8NO5P.C3H9S/c1-8(15(23)24)26-16(25)11-7-10(3-4-12(11)18)27-14-5-2-9(6-13(14)19)17(20,21)22;1-5-13-8-6-7-11(2)15(13)17(14(18)9-16)12(3)10-19-4;1-11(2)14(10(15)9(12)13)6-8(17-11)7-4-3-5-16-7;5-3(6)1-4-2-10(7,8)9;1-4(2)3/h2-8H,1H3,(H,23,24);6-8,12H,5,9-10H2,1-4H3;3-5,8-9H,6H2,1-2H3;4H,1-2H2,(H,5,6)(H2,7,8,9);1-3H3/q;;;;+1/p-1/t8-;;;;/m0..../s1. The monoisotopic (exact) mass is 1230 g/mol. The van der Waals surface area contributed by atoms with Crippen LogP contribution >= 0.6 is 65.6 Å². The topological polar surface area (TPSA) is 255 Å². The molecule has 1 fully saturated rings. The molecule has 1 aromatic heterocycles. The third-order valence-electron chi connectivity index (χ3n) is 9.78. The number of furan rings is 1. The summed E-state index contributed by atoms with van der Waals surface area (Å²) in [4.78, 5) is 76.8. The second-order valence-corrected chi connectivity index (χ2v) is 23.3. The molecule has 4 atom stereocenters. The van der Waals surface area contributed by atoms with Crippen molar-refractivity contribution >= 4 is 112 Å². The Kier molecular flexibility index (Phi) is 30.6. The first-order valence-corrected chi connectivity index (χ1v) is 29.0. The van der Waals surface area contributed by atoms with Crippen LogP contribution in [-0.2, 0) is 61.4 Å². The van der Waals surface area contributed by atoms with Gasteiger partial charge in [0.05, 0.1) is 83.9 Å². The number of carboxylic acids is 2. The molecule has 1 saturated heterocycles. The number of hydrogen-bond acceptors (Lipinski definition) is 13. The highest BCUT2D eigenvalue weighted by molar-refractivity contribution is 7.94. The van der Waals surface area contributed by atoms with Crippen LogP contribution in [0, 0.1) is 6.92 Å². The number of carboxylic acid groups (broad SMARTS) is 2. The lowest BCUT2D eigenvalue weighted by Crippen LogP contribution is -2.45. The van der Waals surface area contributed by atoms with E-state index in [1.165, 1.54) is 17.0 Å². The van der Waals surface area contributed by atoms with E-state index in [4.69, 9.17) is 96.5 Å². The van der Waals surface area contributed by atoms with Crippen LogP contribution in [0.25, 0.3) is 0 Å². The molecule has 0 bridgehead atoms. The van der Waals surface area contributed by atoms with Gasteiger partial charge in [-0.05, 0) is 112 Å². The number of aliphatic carboxylic acids is 2. The van der Waals surface area contributed by atoms with E-state index >= 15 is 0 Å². The third-order valence-corrected chi connectivity index (χ3v) is 11.6. The quantitative estimate of drug-likeness (QED) is 0.0332. The fourth-order valence-electron chi connectivity index (χ4n) is 6.44. The van der Waals surface area contributed by atoms with Crippen LogP contribution in [0.5, 0.6) is 11.5 Å². The highest BCUT2D eigenvalue weighted by atomic mass is 35.5. The molecule has 28 heteroatoms. The molecule has 3 unspecified atom stereocenters. The van der Waals surface area contributed by atoms with Crippen molar-refractivity contribution in [3.05, 3.63) is 111 Å². The van der Waals surface area contributed by atoms with E-state index < -0.39 is 66.7 Å². The Morgan fingerprint density at radius 1 is 1.00 bits per heavy atom. The second-order valence-electron chi connectivity index (χ2n) is 17.1. The number of rotatable bonds is 17. The van der Waals surface area contributed by atoms with E-state index in [1.54, 1.807) is 38.2 Å². The lowest BCUT2D eigenvalue weighted by atomic mass is 10.0. The maximum Gasteiger partial charge on any atom is 0.416 e. The molecule has 77 heavy (non-hydrogen) atoms. The number of methoxy groups -OCH3 is 1. The van der Waals surface area contributed by atoms with Crippen molar-refractivity contribution in [1.29, 1.82) is 0 Å². The first-order chi connectivity index (χ1) is 35.6. The van der Waals surface area contributed by atoms with Gasteiger partial charge in [0.2, 0.25) is 5.91 Å². The molecule has 3 aromatic carbocycles. The molecule has 430 valence electrons. The molecule has 2 heterocycles. The molecule has 18 nitrogen and oxygen atoms in total. The first-order valence-electron chi connectivity index (χ1n) is 22.6. The van der Waals surface area contributed by atoms with Crippen molar-refractivity contribution in [1.82, 2.24) is 10.2 Å². The molecule has 4 N–H and O–H groups in total. The zero-order chi connectivity index (χ0) is 59.2. The van der Waals surface area contributed by atoms with E-state index in [0.29, 0.717) is 35.9 Å². The number of halogens is 8. The Hall–Kier alpha value is -4.29. The van der Waals surface area contributed by atoms with Gasteiger partial charge >= 0.3 is 24.1 Å². The number of carbonyl (C=O) groups is 5. The third kappa shape index (κ3) is 25.2. The fourth-order valence-corrected chi connectivity index (χ4v) is 7.61. The van der Waals surface area contributed by atoms with Crippen molar-refractivity contribution < 1.29 is 85.1 Å². The number of nitrogens with zero attached hydrogens (tertiary/aromatic N) is 2. The fraction of sp³-hybridized carbons (Fsp3) is 0.449. The van der Waals surface area contributed by atoms with Crippen molar-refractivity contribution in [2.75, 3.05) is 62.6 Å². The molecular weight excluding hydrogens is 1170 g/mol. The van der Waals surface area contributed by atoms with Crippen LogP contribution in [0.1, 0.15) is 73.5 Å². The van der Waals surface area contributed by atoms with Gasteiger partial charge in [-0.25, -0.2) is 9.59 Å². The predicted molar refractivity (Wildman–Crippen MR) is 290 cm³/mol. The summed E-state index contributed by atoms with van der Waals surface area (Å²) in [6.07, 6.45) is 2.09. The molecule has 0 aliphatic carbocycles. The van der Waals surface area contributed by atoms with Gasteiger partial charge in [-0.2, -0.15) is 13.2 Å². The van der Waals surface area contributed by atoms with Gasteiger partial charge in [0, 0.05) is 7.11 Å². The average molecular weight is 1230 g/mol. The Labute approximate surface area is 472 Å². The highest BCUT2D eigenvalue weighted by Crippen LogP contribution is 2.39. The zero-order valence-electron chi connectivity index (χ0n) is 43.5. The van der Waals surface area contributed by atoms with Crippen LogP contribution in [0.2, 0.25) is 10.0 Å². The molecule has 2 amide bonds. The van der Waals surface area contributed by atoms with Crippen LogP contribution in [-0.4, -0.2) is 130 Å². The molecular formula is C49H62Cl5F3N3O15PS. The Morgan fingerprint density at radius 2 is 1.62 bits per heavy atom. The molecule has 0 saturated carbocycles. The zero-order valence-corrected chi connectivity index (χ0v) is 49.0. The second kappa shape index (κ2) is 33.3. The van der Waals surface area contributed by atoms with Crippen LogP contribution in [0.4, 0.5) is 18.9 Å². The van der Waals surface area contributed by atoms with Gasteiger partial charge in [0.25, 0.3) is 5.91 Å². The maximum atomic E-state index is 12.7.